The van der Waals surface area contributed by atoms with Gasteiger partial charge < -0.3 is 4.57 Å². The summed E-state index contributed by atoms with van der Waals surface area (Å²) in [7, 11) is -3.52. The van der Waals surface area contributed by atoms with Gasteiger partial charge in [0, 0.05) is 34.6 Å². The molecule has 1 aromatic carbocycles. The van der Waals surface area contributed by atoms with Crippen LogP contribution in [0.25, 0.3) is 11.3 Å². The van der Waals surface area contributed by atoms with E-state index in [0.717, 1.165) is 33.6 Å². The second-order valence-electron chi connectivity index (χ2n) is 5.50. The van der Waals surface area contributed by atoms with E-state index in [4.69, 9.17) is 0 Å². The molecule has 1 aliphatic rings. The van der Waals surface area contributed by atoms with Crippen molar-refractivity contribution in [1.29, 1.82) is 0 Å². The Morgan fingerprint density at radius 1 is 1.17 bits per heavy atom. The molecular weight excluding hydrogens is 362 g/mol. The number of rotatable bonds is 4. The Labute approximate surface area is 148 Å². The molecule has 124 valence electrons. The van der Waals surface area contributed by atoms with Gasteiger partial charge in [-0.3, -0.25) is 4.72 Å². The molecule has 0 amide bonds. The number of nitrogens with zero attached hydrogens (tertiary/aromatic N) is 2. The standard InChI is InChI=1S/C16H15N3O2S3/c1-11-2-7-15(23-11)24(20,21)18-13-5-3-12(4-6-13)14-10-19-8-9-22-16(19)17-14/h2-7,10,18H,8-9H2,1H3. The molecule has 1 N–H and O–H groups in total. The number of aryl methyl sites for hydroxylation is 2. The van der Waals surface area contributed by atoms with Crippen molar-refractivity contribution < 1.29 is 8.42 Å². The molecular formula is C16H15N3O2S3. The van der Waals surface area contributed by atoms with Gasteiger partial charge in [0.25, 0.3) is 10.0 Å². The quantitative estimate of drug-likeness (QED) is 0.751. The Morgan fingerprint density at radius 3 is 2.62 bits per heavy atom. The van der Waals surface area contributed by atoms with Crippen LogP contribution in [0.5, 0.6) is 0 Å². The lowest BCUT2D eigenvalue weighted by atomic mass is 10.1. The number of aromatic nitrogens is 2. The van der Waals surface area contributed by atoms with Gasteiger partial charge in [-0.25, -0.2) is 13.4 Å². The average molecular weight is 378 g/mol. The summed E-state index contributed by atoms with van der Waals surface area (Å²) in [5.74, 6) is 1.07. The molecule has 0 saturated carbocycles. The van der Waals surface area contributed by atoms with Crippen LogP contribution in [0.4, 0.5) is 5.69 Å². The molecule has 0 unspecified atom stereocenters. The van der Waals surface area contributed by atoms with E-state index in [0.29, 0.717) is 9.90 Å². The smallest absolute Gasteiger partial charge is 0.271 e. The highest BCUT2D eigenvalue weighted by Crippen LogP contribution is 2.30. The van der Waals surface area contributed by atoms with Crippen molar-refractivity contribution in [1.82, 2.24) is 9.55 Å². The average Bonchev–Trinajstić information content (AvgIpc) is 3.23. The Hall–Kier alpha value is -1.77. The molecule has 4 rings (SSSR count). The number of benzene rings is 1. The minimum Gasteiger partial charge on any atom is -0.325 e. The summed E-state index contributed by atoms with van der Waals surface area (Å²) in [6.45, 7) is 2.88. The second kappa shape index (κ2) is 5.94. The van der Waals surface area contributed by atoms with Crippen LogP contribution in [0.1, 0.15) is 4.88 Å². The summed E-state index contributed by atoms with van der Waals surface area (Å²) in [6.07, 6.45) is 2.04. The normalized spacial score (nSPS) is 13.9. The monoisotopic (exact) mass is 377 g/mol. The number of nitrogens with one attached hydrogen (secondary N) is 1. The predicted molar refractivity (Wildman–Crippen MR) is 98.3 cm³/mol. The van der Waals surface area contributed by atoms with Crippen LogP contribution in [0.2, 0.25) is 0 Å². The van der Waals surface area contributed by atoms with E-state index >= 15 is 0 Å². The minimum atomic E-state index is -3.52. The van der Waals surface area contributed by atoms with Crippen molar-refractivity contribution >= 4 is 38.8 Å². The van der Waals surface area contributed by atoms with Crippen LogP contribution in [0.15, 0.2) is 52.0 Å². The third kappa shape index (κ3) is 2.97. The highest BCUT2D eigenvalue weighted by Gasteiger charge is 2.17. The van der Waals surface area contributed by atoms with E-state index in [1.165, 1.54) is 11.3 Å². The first-order valence-corrected chi connectivity index (χ1v) is 10.7. The maximum Gasteiger partial charge on any atom is 0.271 e. The zero-order valence-electron chi connectivity index (χ0n) is 12.9. The van der Waals surface area contributed by atoms with Gasteiger partial charge in [-0.2, -0.15) is 0 Å². The zero-order chi connectivity index (χ0) is 16.7. The molecule has 8 heteroatoms. The summed E-state index contributed by atoms with van der Waals surface area (Å²) in [4.78, 5) is 5.57. The number of anilines is 1. The Balaban J connectivity index is 1.55. The van der Waals surface area contributed by atoms with Gasteiger partial charge in [0.1, 0.15) is 4.21 Å². The largest absolute Gasteiger partial charge is 0.325 e. The minimum absolute atomic E-state index is 0.326. The lowest BCUT2D eigenvalue weighted by Gasteiger charge is -2.06. The molecule has 0 bridgehead atoms. The third-order valence-corrected chi connectivity index (χ3v) is 7.56. The fourth-order valence-electron chi connectivity index (χ4n) is 2.52. The van der Waals surface area contributed by atoms with Crippen molar-refractivity contribution in [3.8, 4) is 11.3 Å². The first kappa shape index (κ1) is 15.7. The van der Waals surface area contributed by atoms with Crippen molar-refractivity contribution in [2.45, 2.75) is 22.8 Å². The Kier molecular flexibility index (Phi) is 3.90. The van der Waals surface area contributed by atoms with E-state index in [-0.39, 0.29) is 0 Å². The fraction of sp³-hybridized carbons (Fsp3) is 0.188. The summed E-state index contributed by atoms with van der Waals surface area (Å²) in [6, 6.07) is 10.7. The van der Waals surface area contributed by atoms with Gasteiger partial charge in [0.15, 0.2) is 5.16 Å². The van der Waals surface area contributed by atoms with Crippen molar-refractivity contribution in [3.63, 3.8) is 0 Å². The summed E-state index contributed by atoms with van der Waals surface area (Å²) in [5, 5.41) is 1.04. The molecule has 0 radical (unpaired) electrons. The second-order valence-corrected chi connectivity index (χ2v) is 9.76. The van der Waals surface area contributed by atoms with Crippen LogP contribution < -0.4 is 4.72 Å². The molecule has 3 heterocycles. The molecule has 5 nitrogen and oxygen atoms in total. The SMILES string of the molecule is Cc1ccc(S(=O)(=O)Nc2ccc(-c3cn4c(n3)SCC4)cc2)s1. The Morgan fingerprint density at radius 2 is 1.96 bits per heavy atom. The van der Waals surface area contributed by atoms with E-state index in [1.807, 2.05) is 25.3 Å². The first-order valence-electron chi connectivity index (χ1n) is 7.41. The third-order valence-electron chi connectivity index (χ3n) is 3.72. The van der Waals surface area contributed by atoms with Crippen molar-refractivity contribution in [3.05, 3.63) is 47.5 Å². The van der Waals surface area contributed by atoms with Crippen LogP contribution in [0, 0.1) is 6.92 Å². The molecule has 0 fully saturated rings. The zero-order valence-corrected chi connectivity index (χ0v) is 15.3. The van der Waals surface area contributed by atoms with Crippen LogP contribution >= 0.6 is 23.1 Å². The fourth-order valence-corrected chi connectivity index (χ4v) is 5.80. The van der Waals surface area contributed by atoms with E-state index in [9.17, 15) is 8.42 Å². The van der Waals surface area contributed by atoms with Crippen LogP contribution in [-0.2, 0) is 16.6 Å². The molecule has 1 aliphatic heterocycles. The molecule has 0 spiro atoms. The lowest BCUT2D eigenvalue weighted by molar-refractivity contribution is 0.603. The number of imidazole rings is 1. The van der Waals surface area contributed by atoms with Crippen molar-refractivity contribution in [2.24, 2.45) is 0 Å². The van der Waals surface area contributed by atoms with E-state index < -0.39 is 10.0 Å². The highest BCUT2D eigenvalue weighted by molar-refractivity contribution is 7.99. The summed E-state index contributed by atoms with van der Waals surface area (Å²) in [5.41, 5.74) is 2.44. The molecule has 24 heavy (non-hydrogen) atoms. The first-order chi connectivity index (χ1) is 11.5. The number of sulfonamides is 1. The van der Waals surface area contributed by atoms with Crippen molar-refractivity contribution in [2.75, 3.05) is 10.5 Å². The van der Waals surface area contributed by atoms with E-state index in [2.05, 4.69) is 14.3 Å². The number of thioether (sulfide) groups is 1. The number of hydrogen-bond acceptors (Lipinski definition) is 5. The van der Waals surface area contributed by atoms with Gasteiger partial charge in [0.2, 0.25) is 0 Å². The van der Waals surface area contributed by atoms with Gasteiger partial charge in [-0.05, 0) is 31.2 Å². The number of thiophene rings is 1. The maximum absolute atomic E-state index is 12.3. The molecule has 3 aromatic rings. The van der Waals surface area contributed by atoms with E-state index in [1.54, 1.807) is 36.0 Å². The predicted octanol–water partition coefficient (Wildman–Crippen LogP) is 3.83. The van der Waals surface area contributed by atoms with Gasteiger partial charge in [0.05, 0.1) is 5.69 Å². The molecule has 0 atom stereocenters. The molecule has 2 aromatic heterocycles. The summed E-state index contributed by atoms with van der Waals surface area (Å²) < 4.78 is 29.8. The Bertz CT molecular complexity index is 967. The van der Waals surface area contributed by atoms with Crippen LogP contribution in [0.3, 0.4) is 0 Å². The highest BCUT2D eigenvalue weighted by atomic mass is 32.2. The number of hydrogen-bond donors (Lipinski definition) is 1. The van der Waals surface area contributed by atoms with Crippen LogP contribution in [-0.4, -0.2) is 23.7 Å². The van der Waals surface area contributed by atoms with Gasteiger partial charge in [-0.15, -0.1) is 11.3 Å². The number of fused-ring (bicyclic) bond motifs is 1. The summed E-state index contributed by atoms with van der Waals surface area (Å²) >= 11 is 3.02. The molecule has 0 aliphatic carbocycles. The maximum atomic E-state index is 12.3. The topological polar surface area (TPSA) is 64.0 Å². The van der Waals surface area contributed by atoms with Gasteiger partial charge in [-0.1, -0.05) is 23.9 Å². The lowest BCUT2D eigenvalue weighted by Crippen LogP contribution is -2.11. The molecule has 0 saturated heterocycles. The van der Waals surface area contributed by atoms with Gasteiger partial charge >= 0.3 is 0 Å².